The highest BCUT2D eigenvalue weighted by atomic mass is 15.3. The van der Waals surface area contributed by atoms with E-state index in [-0.39, 0.29) is 5.54 Å². The summed E-state index contributed by atoms with van der Waals surface area (Å²) >= 11 is 0. The van der Waals surface area contributed by atoms with Gasteiger partial charge < -0.3 is 10.3 Å². The van der Waals surface area contributed by atoms with Gasteiger partial charge in [-0.15, -0.1) is 0 Å². The molecule has 0 amide bonds. The average Bonchev–Trinajstić information content (AvgIpc) is 2.85. The first-order valence-corrected chi connectivity index (χ1v) is 5.33. The molecular weight excluding hydrogens is 202 g/mol. The number of nitrogens with zero attached hydrogens (tertiary/aromatic N) is 3. The van der Waals surface area contributed by atoms with Crippen molar-refractivity contribution in [1.29, 1.82) is 0 Å². The number of nitrogens with one attached hydrogen (secondary N) is 2. The standard InChI is InChI=1S/C11H17N5/c1-11(2,3)16-8-9(6-15-16)14-7-10-12-4-5-13-10/h4-6,8,14H,7H2,1-3H3,(H,12,13). The Morgan fingerprint density at radius 2 is 2.25 bits per heavy atom. The van der Waals surface area contributed by atoms with Crippen molar-refractivity contribution in [3.05, 3.63) is 30.6 Å². The van der Waals surface area contributed by atoms with Crippen LogP contribution in [0.5, 0.6) is 0 Å². The summed E-state index contributed by atoms with van der Waals surface area (Å²) in [7, 11) is 0. The molecule has 0 aliphatic carbocycles. The van der Waals surface area contributed by atoms with Crippen molar-refractivity contribution in [2.45, 2.75) is 32.9 Å². The number of H-pyrrole nitrogens is 1. The molecule has 0 aromatic carbocycles. The molecule has 2 aromatic heterocycles. The normalized spacial score (nSPS) is 11.7. The molecule has 2 aromatic rings. The molecule has 0 atom stereocenters. The van der Waals surface area contributed by atoms with Crippen LogP contribution in [0.2, 0.25) is 0 Å². The molecule has 0 saturated heterocycles. The number of hydrogen-bond donors (Lipinski definition) is 2. The fourth-order valence-corrected chi connectivity index (χ4v) is 1.36. The van der Waals surface area contributed by atoms with Gasteiger partial charge in [0.1, 0.15) is 5.82 Å². The number of aromatic amines is 1. The van der Waals surface area contributed by atoms with Crippen LogP contribution >= 0.6 is 0 Å². The molecule has 0 radical (unpaired) electrons. The molecule has 0 unspecified atom stereocenters. The van der Waals surface area contributed by atoms with Crippen molar-refractivity contribution < 1.29 is 0 Å². The predicted molar refractivity (Wildman–Crippen MR) is 63.1 cm³/mol. The lowest BCUT2D eigenvalue weighted by Gasteiger charge is -2.18. The summed E-state index contributed by atoms with van der Waals surface area (Å²) in [6.07, 6.45) is 7.39. The maximum absolute atomic E-state index is 4.31. The smallest absolute Gasteiger partial charge is 0.125 e. The Morgan fingerprint density at radius 1 is 1.44 bits per heavy atom. The van der Waals surface area contributed by atoms with E-state index < -0.39 is 0 Å². The van der Waals surface area contributed by atoms with Crippen LogP contribution in [0.3, 0.4) is 0 Å². The first-order valence-electron chi connectivity index (χ1n) is 5.33. The number of hydrogen-bond acceptors (Lipinski definition) is 3. The fraction of sp³-hybridized carbons (Fsp3) is 0.455. The van der Waals surface area contributed by atoms with Crippen LogP contribution in [-0.2, 0) is 12.1 Å². The summed E-state index contributed by atoms with van der Waals surface area (Å²) in [5.41, 5.74) is 1.02. The Hall–Kier alpha value is -1.78. The van der Waals surface area contributed by atoms with Gasteiger partial charge in [0, 0.05) is 18.6 Å². The molecule has 16 heavy (non-hydrogen) atoms. The van der Waals surface area contributed by atoms with E-state index in [1.54, 1.807) is 6.20 Å². The zero-order chi connectivity index (χ0) is 11.6. The fourth-order valence-electron chi connectivity index (χ4n) is 1.36. The Labute approximate surface area is 94.9 Å². The second kappa shape index (κ2) is 4.00. The Balaban J connectivity index is 1.98. The molecule has 5 nitrogen and oxygen atoms in total. The molecule has 86 valence electrons. The lowest BCUT2D eigenvalue weighted by molar-refractivity contribution is 0.355. The Kier molecular flexibility index (Phi) is 2.68. The third-order valence-electron chi connectivity index (χ3n) is 2.28. The number of anilines is 1. The van der Waals surface area contributed by atoms with Gasteiger partial charge in [-0.2, -0.15) is 5.10 Å². The van der Waals surface area contributed by atoms with Gasteiger partial charge in [-0.25, -0.2) is 4.98 Å². The average molecular weight is 219 g/mol. The second-order valence-corrected chi connectivity index (χ2v) is 4.73. The number of imidazole rings is 1. The Morgan fingerprint density at radius 3 is 2.81 bits per heavy atom. The van der Waals surface area contributed by atoms with Crippen molar-refractivity contribution >= 4 is 5.69 Å². The lowest BCUT2D eigenvalue weighted by atomic mass is 10.1. The van der Waals surface area contributed by atoms with Gasteiger partial charge in [0.15, 0.2) is 0 Å². The molecule has 2 N–H and O–H groups in total. The zero-order valence-electron chi connectivity index (χ0n) is 9.86. The van der Waals surface area contributed by atoms with Crippen LogP contribution in [-0.4, -0.2) is 19.7 Å². The Bertz CT molecular complexity index is 435. The minimum absolute atomic E-state index is 0.0185. The van der Waals surface area contributed by atoms with Crippen LogP contribution in [0, 0.1) is 0 Å². The molecule has 0 saturated carbocycles. The SMILES string of the molecule is CC(C)(C)n1cc(NCc2ncc[nH]2)cn1. The monoisotopic (exact) mass is 219 g/mol. The van der Waals surface area contributed by atoms with Crippen LogP contribution in [0.4, 0.5) is 5.69 Å². The highest BCUT2D eigenvalue weighted by molar-refractivity contribution is 5.38. The van der Waals surface area contributed by atoms with Crippen molar-refractivity contribution in [2.24, 2.45) is 0 Å². The molecule has 5 heteroatoms. The van der Waals surface area contributed by atoms with Gasteiger partial charge in [0.25, 0.3) is 0 Å². The van der Waals surface area contributed by atoms with Gasteiger partial charge in [-0.05, 0) is 20.8 Å². The molecule has 2 heterocycles. The molecule has 0 aliphatic rings. The van der Waals surface area contributed by atoms with Crippen LogP contribution in [0.25, 0.3) is 0 Å². The molecule has 0 fully saturated rings. The first kappa shape index (κ1) is 10.7. The highest BCUT2D eigenvalue weighted by Crippen LogP contribution is 2.15. The lowest BCUT2D eigenvalue weighted by Crippen LogP contribution is -2.21. The summed E-state index contributed by atoms with van der Waals surface area (Å²) in [6.45, 7) is 7.05. The maximum Gasteiger partial charge on any atom is 0.125 e. The quantitative estimate of drug-likeness (QED) is 0.829. The highest BCUT2D eigenvalue weighted by Gasteiger charge is 2.13. The molecule has 0 spiro atoms. The number of aromatic nitrogens is 4. The van der Waals surface area contributed by atoms with E-state index in [0.29, 0.717) is 6.54 Å². The van der Waals surface area contributed by atoms with E-state index >= 15 is 0 Å². The van der Waals surface area contributed by atoms with E-state index in [4.69, 9.17) is 0 Å². The van der Waals surface area contributed by atoms with Gasteiger partial charge in [-0.1, -0.05) is 0 Å². The largest absolute Gasteiger partial charge is 0.375 e. The van der Waals surface area contributed by atoms with E-state index in [0.717, 1.165) is 11.5 Å². The van der Waals surface area contributed by atoms with E-state index in [2.05, 4.69) is 41.2 Å². The molecule has 0 aliphatic heterocycles. The minimum atomic E-state index is 0.0185. The summed E-state index contributed by atoms with van der Waals surface area (Å²) in [5.74, 6) is 0.920. The molecule has 0 bridgehead atoms. The van der Waals surface area contributed by atoms with Gasteiger partial charge >= 0.3 is 0 Å². The third-order valence-corrected chi connectivity index (χ3v) is 2.28. The van der Waals surface area contributed by atoms with Gasteiger partial charge in [0.2, 0.25) is 0 Å². The van der Waals surface area contributed by atoms with Crippen molar-refractivity contribution in [3.63, 3.8) is 0 Å². The van der Waals surface area contributed by atoms with Gasteiger partial charge in [0.05, 0.1) is 24.0 Å². The predicted octanol–water partition coefficient (Wildman–Crippen LogP) is 1.97. The second-order valence-electron chi connectivity index (χ2n) is 4.73. The van der Waals surface area contributed by atoms with Crippen molar-refractivity contribution in [3.8, 4) is 0 Å². The zero-order valence-corrected chi connectivity index (χ0v) is 9.86. The topological polar surface area (TPSA) is 58.5 Å². The van der Waals surface area contributed by atoms with Crippen molar-refractivity contribution in [2.75, 3.05) is 5.32 Å². The van der Waals surface area contributed by atoms with Crippen LogP contribution < -0.4 is 5.32 Å². The molecular formula is C11H17N5. The van der Waals surface area contributed by atoms with Crippen LogP contribution in [0.15, 0.2) is 24.8 Å². The maximum atomic E-state index is 4.31. The summed E-state index contributed by atoms with van der Waals surface area (Å²) in [4.78, 5) is 7.19. The summed E-state index contributed by atoms with van der Waals surface area (Å²) < 4.78 is 1.94. The number of rotatable bonds is 3. The summed E-state index contributed by atoms with van der Waals surface area (Å²) in [5, 5.41) is 7.57. The first-order chi connectivity index (χ1) is 7.55. The van der Waals surface area contributed by atoms with Crippen LogP contribution in [0.1, 0.15) is 26.6 Å². The minimum Gasteiger partial charge on any atom is -0.375 e. The van der Waals surface area contributed by atoms with E-state index in [1.807, 2.05) is 23.3 Å². The third kappa shape index (κ3) is 2.42. The van der Waals surface area contributed by atoms with Gasteiger partial charge in [-0.3, -0.25) is 4.68 Å². The van der Waals surface area contributed by atoms with E-state index in [1.165, 1.54) is 0 Å². The van der Waals surface area contributed by atoms with E-state index in [9.17, 15) is 0 Å². The van der Waals surface area contributed by atoms with Crippen molar-refractivity contribution in [1.82, 2.24) is 19.7 Å². The molecule has 2 rings (SSSR count). The summed E-state index contributed by atoms with van der Waals surface area (Å²) in [6, 6.07) is 0.